The highest BCUT2D eigenvalue weighted by Crippen LogP contribution is 2.03. The number of nitrogens with zero attached hydrogens (tertiary/aromatic N) is 1. The Hall–Kier alpha value is -1.43. The van der Waals surface area contributed by atoms with E-state index in [2.05, 4.69) is 15.3 Å². The second-order valence-electron chi connectivity index (χ2n) is 2.06. The first-order valence-electron chi connectivity index (χ1n) is 3.33. The summed E-state index contributed by atoms with van der Waals surface area (Å²) >= 11 is 0. The lowest BCUT2D eigenvalue weighted by molar-refractivity contribution is 0.310. The Bertz CT molecular complexity index is 312. The zero-order valence-corrected chi connectivity index (χ0v) is 6.17. The molecule has 0 aromatic carbocycles. The van der Waals surface area contributed by atoms with Crippen LogP contribution in [0.15, 0.2) is 11.0 Å². The molecule has 0 bridgehead atoms. The molecule has 1 aromatic rings. The van der Waals surface area contributed by atoms with E-state index in [0.29, 0.717) is 0 Å². The van der Waals surface area contributed by atoms with Gasteiger partial charge < -0.3 is 10.4 Å². The largest absolute Gasteiger partial charge is 0.395 e. The van der Waals surface area contributed by atoms with E-state index >= 15 is 0 Å². The minimum atomic E-state index is -0.650. The van der Waals surface area contributed by atoms with Crippen LogP contribution in [0.1, 0.15) is 0 Å². The van der Waals surface area contributed by atoms with Crippen LogP contribution in [0.4, 0.5) is 10.2 Å². The van der Waals surface area contributed by atoms with E-state index in [1.54, 1.807) is 0 Å². The molecule has 0 amide bonds. The monoisotopic (exact) mass is 173 g/mol. The maximum absolute atomic E-state index is 12.7. The molecule has 0 fully saturated rings. The summed E-state index contributed by atoms with van der Waals surface area (Å²) in [6.07, 6.45) is 0.818. The highest BCUT2D eigenvalue weighted by molar-refractivity contribution is 5.33. The van der Waals surface area contributed by atoms with E-state index in [1.165, 1.54) is 0 Å². The second-order valence-corrected chi connectivity index (χ2v) is 2.06. The second kappa shape index (κ2) is 3.82. The van der Waals surface area contributed by atoms with Crippen LogP contribution in [0.3, 0.4) is 0 Å². The molecule has 66 valence electrons. The van der Waals surface area contributed by atoms with E-state index in [1.807, 2.05) is 0 Å². The van der Waals surface area contributed by atoms with Crippen molar-refractivity contribution in [2.24, 2.45) is 0 Å². The molecular weight excluding hydrogens is 165 g/mol. The maximum atomic E-state index is 12.7. The maximum Gasteiger partial charge on any atom is 0.346 e. The third kappa shape index (κ3) is 2.03. The highest BCUT2D eigenvalue weighted by atomic mass is 19.1. The summed E-state index contributed by atoms with van der Waals surface area (Å²) in [5.74, 6) is -0.702. The summed E-state index contributed by atoms with van der Waals surface area (Å²) in [5, 5.41) is 10.9. The minimum Gasteiger partial charge on any atom is -0.395 e. The van der Waals surface area contributed by atoms with E-state index in [-0.39, 0.29) is 19.0 Å². The van der Waals surface area contributed by atoms with Crippen LogP contribution >= 0.6 is 0 Å². The molecule has 12 heavy (non-hydrogen) atoms. The average molecular weight is 173 g/mol. The molecule has 5 nitrogen and oxygen atoms in total. The molecule has 1 aromatic heterocycles. The van der Waals surface area contributed by atoms with Gasteiger partial charge in [0.05, 0.1) is 12.8 Å². The number of hydrogen-bond donors (Lipinski definition) is 3. The number of nitrogens with one attached hydrogen (secondary N) is 2. The summed E-state index contributed by atoms with van der Waals surface area (Å²) < 4.78 is 12.7. The van der Waals surface area contributed by atoms with Gasteiger partial charge in [-0.15, -0.1) is 0 Å². The number of aliphatic hydroxyl groups excluding tert-OH is 1. The quantitative estimate of drug-likeness (QED) is 0.565. The van der Waals surface area contributed by atoms with E-state index < -0.39 is 11.5 Å². The van der Waals surface area contributed by atoms with Crippen LogP contribution in [0, 0.1) is 5.82 Å². The average Bonchev–Trinajstić information content (AvgIpc) is 2.07. The van der Waals surface area contributed by atoms with Crippen molar-refractivity contribution in [2.75, 3.05) is 18.5 Å². The van der Waals surface area contributed by atoms with Crippen molar-refractivity contribution in [2.45, 2.75) is 0 Å². The number of rotatable bonds is 3. The predicted molar refractivity (Wildman–Crippen MR) is 40.4 cm³/mol. The van der Waals surface area contributed by atoms with Crippen LogP contribution in [-0.2, 0) is 0 Å². The molecule has 6 heteroatoms. The molecule has 1 heterocycles. The summed E-state index contributed by atoms with van der Waals surface area (Å²) in [7, 11) is 0. The molecular formula is C6H8FN3O2. The predicted octanol–water partition coefficient (Wildman–Crippen LogP) is -0.687. The molecule has 0 aliphatic carbocycles. The standard InChI is InChI=1S/C6H8FN3O2/c7-4-3-9-6(12)10-5(4)8-1-2-11/h3,11H,1-2H2,(H2,8,9,10,12). The summed E-state index contributed by atoms with van der Waals surface area (Å²) in [4.78, 5) is 15.9. The summed E-state index contributed by atoms with van der Waals surface area (Å²) in [6, 6.07) is 0. The number of aromatic amines is 1. The molecule has 0 saturated heterocycles. The number of H-pyrrole nitrogens is 1. The van der Waals surface area contributed by atoms with Gasteiger partial charge in [0.15, 0.2) is 5.82 Å². The van der Waals surface area contributed by atoms with E-state index in [4.69, 9.17) is 5.11 Å². The van der Waals surface area contributed by atoms with Gasteiger partial charge in [0, 0.05) is 6.54 Å². The fourth-order valence-electron chi connectivity index (χ4n) is 0.688. The lowest BCUT2D eigenvalue weighted by Gasteiger charge is -2.02. The van der Waals surface area contributed by atoms with Crippen molar-refractivity contribution < 1.29 is 9.50 Å². The van der Waals surface area contributed by atoms with Crippen molar-refractivity contribution in [3.8, 4) is 0 Å². The molecule has 1 rings (SSSR count). The van der Waals surface area contributed by atoms with Gasteiger partial charge in [-0.3, -0.25) is 4.98 Å². The molecule has 0 radical (unpaired) electrons. The fraction of sp³-hybridized carbons (Fsp3) is 0.333. The zero-order valence-electron chi connectivity index (χ0n) is 6.17. The van der Waals surface area contributed by atoms with Crippen LogP contribution in [0.25, 0.3) is 0 Å². The number of aromatic nitrogens is 2. The van der Waals surface area contributed by atoms with Gasteiger partial charge in [-0.2, -0.15) is 4.98 Å². The number of hydrogen-bond acceptors (Lipinski definition) is 4. The molecule has 0 unspecified atom stereocenters. The van der Waals surface area contributed by atoms with Crippen LogP contribution in [0.5, 0.6) is 0 Å². The van der Waals surface area contributed by atoms with Gasteiger partial charge in [0.1, 0.15) is 5.82 Å². The Labute approximate surface area is 67.3 Å². The number of halogens is 1. The van der Waals surface area contributed by atoms with Crippen molar-refractivity contribution in [1.29, 1.82) is 0 Å². The van der Waals surface area contributed by atoms with E-state index in [0.717, 1.165) is 6.20 Å². The van der Waals surface area contributed by atoms with E-state index in [9.17, 15) is 9.18 Å². The van der Waals surface area contributed by atoms with Gasteiger partial charge in [-0.05, 0) is 0 Å². The third-order valence-electron chi connectivity index (χ3n) is 1.18. The topological polar surface area (TPSA) is 78.0 Å². The first-order valence-corrected chi connectivity index (χ1v) is 3.33. The van der Waals surface area contributed by atoms with Crippen molar-refractivity contribution in [3.63, 3.8) is 0 Å². The summed E-state index contributed by atoms with van der Waals surface area (Å²) in [6.45, 7) is 0.0423. The molecule has 0 saturated carbocycles. The first-order chi connectivity index (χ1) is 5.74. The van der Waals surface area contributed by atoms with Crippen LogP contribution < -0.4 is 11.0 Å². The third-order valence-corrected chi connectivity index (χ3v) is 1.18. The smallest absolute Gasteiger partial charge is 0.346 e. The molecule has 0 spiro atoms. The lowest BCUT2D eigenvalue weighted by Crippen LogP contribution is -2.16. The van der Waals surface area contributed by atoms with Crippen molar-refractivity contribution in [3.05, 3.63) is 22.5 Å². The Morgan fingerprint density at radius 2 is 2.50 bits per heavy atom. The van der Waals surface area contributed by atoms with Crippen LogP contribution in [0.2, 0.25) is 0 Å². The Balaban J connectivity index is 2.82. The molecule has 0 atom stereocenters. The molecule has 0 aliphatic heterocycles. The SMILES string of the molecule is O=c1ncc(F)c(NCCO)[nH]1. The van der Waals surface area contributed by atoms with Crippen molar-refractivity contribution >= 4 is 5.82 Å². The van der Waals surface area contributed by atoms with Gasteiger partial charge in [0.2, 0.25) is 0 Å². The Morgan fingerprint density at radius 1 is 1.75 bits per heavy atom. The molecule has 3 N–H and O–H groups in total. The number of anilines is 1. The normalized spacial score (nSPS) is 9.83. The Kier molecular flexibility index (Phi) is 2.76. The van der Waals surface area contributed by atoms with Gasteiger partial charge in [-0.25, -0.2) is 9.18 Å². The Morgan fingerprint density at radius 3 is 3.17 bits per heavy atom. The number of aliphatic hydroxyl groups is 1. The van der Waals surface area contributed by atoms with Gasteiger partial charge in [-0.1, -0.05) is 0 Å². The van der Waals surface area contributed by atoms with Crippen LogP contribution in [-0.4, -0.2) is 28.2 Å². The van der Waals surface area contributed by atoms with Crippen molar-refractivity contribution in [1.82, 2.24) is 9.97 Å². The zero-order chi connectivity index (χ0) is 8.97. The van der Waals surface area contributed by atoms with Gasteiger partial charge >= 0.3 is 5.69 Å². The molecule has 0 aliphatic rings. The summed E-state index contributed by atoms with van der Waals surface area (Å²) in [5.41, 5.74) is -0.628. The minimum absolute atomic E-state index is 0.0518. The first kappa shape index (κ1) is 8.66. The fourth-order valence-corrected chi connectivity index (χ4v) is 0.688. The van der Waals surface area contributed by atoms with Gasteiger partial charge in [0.25, 0.3) is 0 Å². The highest BCUT2D eigenvalue weighted by Gasteiger charge is 2.01. The lowest BCUT2D eigenvalue weighted by atomic mass is 10.5.